The van der Waals surface area contributed by atoms with Gasteiger partial charge in [0.1, 0.15) is 17.1 Å². The van der Waals surface area contributed by atoms with E-state index in [0.717, 1.165) is 16.7 Å². The zero-order chi connectivity index (χ0) is 25.1. The Morgan fingerprint density at radius 1 is 1.19 bits per heavy atom. The Hall–Kier alpha value is -3.41. The largest absolute Gasteiger partial charge is 0.448 e. The molecule has 2 aromatic carbocycles. The zero-order valence-corrected chi connectivity index (χ0v) is 20.9. The van der Waals surface area contributed by atoms with Gasteiger partial charge in [0.25, 0.3) is 0 Å². The van der Waals surface area contributed by atoms with E-state index >= 15 is 0 Å². The van der Waals surface area contributed by atoms with Crippen molar-refractivity contribution in [2.24, 2.45) is 5.73 Å². The lowest BCUT2D eigenvalue weighted by Gasteiger charge is -2.48. The summed E-state index contributed by atoms with van der Waals surface area (Å²) < 4.78 is 7.74. The Morgan fingerprint density at radius 3 is 2.50 bits per heavy atom. The summed E-state index contributed by atoms with van der Waals surface area (Å²) in [4.78, 5) is 28.0. The van der Waals surface area contributed by atoms with Gasteiger partial charge < -0.3 is 10.5 Å². The average Bonchev–Trinajstić information content (AvgIpc) is 3.37. The SMILES string of the molecule is C=CCn1nnnc1SCC1=C(C(=O)OC(c2ccccc2)c2ccccc2)N2C(=O)C(N)[C@@H]2SC1. The second-order valence-electron chi connectivity index (χ2n) is 8.22. The number of nitrogens with zero attached hydrogens (tertiary/aromatic N) is 5. The zero-order valence-electron chi connectivity index (χ0n) is 19.3. The molecule has 2 aliphatic rings. The van der Waals surface area contributed by atoms with Crippen LogP contribution in [0.1, 0.15) is 17.2 Å². The fraction of sp³-hybridized carbons (Fsp3) is 0.240. The van der Waals surface area contributed by atoms with Gasteiger partial charge in [0.15, 0.2) is 6.10 Å². The van der Waals surface area contributed by atoms with Crippen molar-refractivity contribution < 1.29 is 14.3 Å². The molecule has 5 rings (SSSR count). The summed E-state index contributed by atoms with van der Waals surface area (Å²) in [5, 5.41) is 12.1. The van der Waals surface area contributed by atoms with E-state index in [1.54, 1.807) is 22.5 Å². The van der Waals surface area contributed by atoms with Crippen LogP contribution in [-0.4, -0.2) is 59.9 Å². The van der Waals surface area contributed by atoms with Gasteiger partial charge in [-0.15, -0.1) is 23.4 Å². The van der Waals surface area contributed by atoms with Gasteiger partial charge in [0.2, 0.25) is 11.1 Å². The minimum atomic E-state index is -0.633. The topological polar surface area (TPSA) is 116 Å². The lowest BCUT2D eigenvalue weighted by atomic mass is 10.0. The number of fused-ring (bicyclic) bond motifs is 1. The van der Waals surface area contributed by atoms with Crippen molar-refractivity contribution >= 4 is 35.4 Å². The van der Waals surface area contributed by atoms with E-state index in [1.165, 1.54) is 16.7 Å². The quantitative estimate of drug-likeness (QED) is 0.197. The second-order valence-corrected chi connectivity index (χ2v) is 10.3. The molecule has 1 amide bonds. The third-order valence-corrected chi connectivity index (χ3v) is 8.29. The Labute approximate surface area is 216 Å². The standard InChI is InChI=1S/C25H24N6O3S2/c1-2-13-30-25(27-28-29-30)36-15-18-14-35-23-19(26)22(32)31(23)20(18)24(33)34-21(16-9-5-3-6-10-16)17-11-7-4-8-12-17/h2-12,19,21,23H,1,13-15,26H2/t19?,23-/m0/s1. The van der Waals surface area contributed by atoms with Crippen LogP contribution in [0.4, 0.5) is 0 Å². The van der Waals surface area contributed by atoms with Gasteiger partial charge in [0, 0.05) is 11.5 Å². The number of thioether (sulfide) groups is 2. The Balaban J connectivity index is 1.46. The lowest BCUT2D eigenvalue weighted by Crippen LogP contribution is -2.68. The Bertz CT molecular complexity index is 1260. The number of nitrogens with two attached hydrogens (primary N) is 1. The summed E-state index contributed by atoms with van der Waals surface area (Å²) in [6.07, 6.45) is 1.08. The Kier molecular flexibility index (Phi) is 7.21. The first-order valence-electron chi connectivity index (χ1n) is 11.3. The number of amides is 1. The van der Waals surface area contributed by atoms with Crippen LogP contribution in [-0.2, 0) is 20.9 Å². The van der Waals surface area contributed by atoms with E-state index in [4.69, 9.17) is 10.5 Å². The van der Waals surface area contributed by atoms with E-state index in [9.17, 15) is 9.59 Å². The molecule has 184 valence electrons. The third-order valence-electron chi connectivity index (χ3n) is 5.89. The maximum Gasteiger partial charge on any atom is 0.356 e. The molecule has 2 atom stereocenters. The number of tetrazole rings is 1. The molecule has 2 aliphatic heterocycles. The van der Waals surface area contributed by atoms with Crippen molar-refractivity contribution in [3.63, 3.8) is 0 Å². The molecule has 1 fully saturated rings. The van der Waals surface area contributed by atoms with E-state index in [-0.39, 0.29) is 17.0 Å². The van der Waals surface area contributed by atoms with E-state index in [2.05, 4.69) is 22.1 Å². The first kappa shape index (κ1) is 24.3. The molecule has 1 saturated heterocycles. The van der Waals surface area contributed by atoms with Crippen LogP contribution in [0.3, 0.4) is 0 Å². The summed E-state index contributed by atoms with van der Waals surface area (Å²) in [5.41, 5.74) is 8.76. The minimum Gasteiger partial charge on any atom is -0.448 e. The average molecular weight is 521 g/mol. The number of ether oxygens (including phenoxy) is 1. The fourth-order valence-electron chi connectivity index (χ4n) is 4.11. The first-order chi connectivity index (χ1) is 17.6. The van der Waals surface area contributed by atoms with Gasteiger partial charge in [0.05, 0.1) is 6.54 Å². The first-order valence-corrected chi connectivity index (χ1v) is 13.3. The molecule has 0 aliphatic carbocycles. The number of rotatable bonds is 9. The van der Waals surface area contributed by atoms with E-state index < -0.39 is 18.1 Å². The number of carbonyl (C=O) groups is 2. The van der Waals surface area contributed by atoms with Crippen molar-refractivity contribution in [1.29, 1.82) is 0 Å². The number of esters is 1. The fourth-order valence-corrected chi connectivity index (χ4v) is 6.43. The molecule has 0 bridgehead atoms. The van der Waals surface area contributed by atoms with Gasteiger partial charge >= 0.3 is 5.97 Å². The number of β-lactam (4-membered cyclic amide) rings is 1. The van der Waals surface area contributed by atoms with Crippen LogP contribution in [0, 0.1) is 0 Å². The van der Waals surface area contributed by atoms with Crippen LogP contribution in [0.5, 0.6) is 0 Å². The number of benzene rings is 2. The normalized spacial score (nSPS) is 19.2. The summed E-state index contributed by atoms with van der Waals surface area (Å²) in [7, 11) is 0. The van der Waals surface area contributed by atoms with Crippen molar-refractivity contribution in [3.05, 3.63) is 95.7 Å². The molecule has 0 spiro atoms. The van der Waals surface area contributed by atoms with Crippen LogP contribution in [0.25, 0.3) is 0 Å². The van der Waals surface area contributed by atoms with Crippen LogP contribution in [0.2, 0.25) is 0 Å². The third kappa shape index (κ3) is 4.69. The lowest BCUT2D eigenvalue weighted by molar-refractivity contribution is -0.153. The highest BCUT2D eigenvalue weighted by molar-refractivity contribution is 8.01. The number of hydrogen-bond donors (Lipinski definition) is 1. The van der Waals surface area contributed by atoms with Crippen LogP contribution in [0.15, 0.2) is 89.7 Å². The van der Waals surface area contributed by atoms with E-state index in [0.29, 0.717) is 23.2 Å². The number of allylic oxidation sites excluding steroid dienone is 1. The Morgan fingerprint density at radius 2 is 1.86 bits per heavy atom. The predicted molar refractivity (Wildman–Crippen MR) is 138 cm³/mol. The maximum atomic E-state index is 13.7. The predicted octanol–water partition coefficient (Wildman–Crippen LogP) is 2.78. The van der Waals surface area contributed by atoms with Gasteiger partial charge in [-0.2, -0.15) is 0 Å². The van der Waals surface area contributed by atoms with Gasteiger partial charge in [-0.1, -0.05) is 78.5 Å². The minimum absolute atomic E-state index is 0.262. The van der Waals surface area contributed by atoms with Crippen molar-refractivity contribution in [1.82, 2.24) is 25.1 Å². The van der Waals surface area contributed by atoms with Crippen molar-refractivity contribution in [2.75, 3.05) is 11.5 Å². The smallest absolute Gasteiger partial charge is 0.356 e. The molecular formula is C25H24N6O3S2. The molecule has 2 N–H and O–H groups in total. The summed E-state index contributed by atoms with van der Waals surface area (Å²) >= 11 is 2.94. The van der Waals surface area contributed by atoms with Crippen LogP contribution >= 0.6 is 23.5 Å². The molecule has 1 unspecified atom stereocenters. The number of hydrogen-bond acceptors (Lipinski definition) is 9. The number of carbonyl (C=O) groups excluding carboxylic acids is 2. The highest BCUT2D eigenvalue weighted by Gasteiger charge is 2.52. The maximum absolute atomic E-state index is 13.7. The van der Waals surface area contributed by atoms with Crippen molar-refractivity contribution in [2.45, 2.75) is 29.2 Å². The second kappa shape index (κ2) is 10.7. The molecule has 3 heterocycles. The van der Waals surface area contributed by atoms with E-state index in [1.807, 2.05) is 60.7 Å². The molecule has 0 saturated carbocycles. The van der Waals surface area contributed by atoms with Crippen molar-refractivity contribution in [3.8, 4) is 0 Å². The highest BCUT2D eigenvalue weighted by atomic mass is 32.2. The molecule has 11 heteroatoms. The molecule has 9 nitrogen and oxygen atoms in total. The monoisotopic (exact) mass is 520 g/mol. The van der Waals surface area contributed by atoms with Crippen LogP contribution < -0.4 is 5.73 Å². The van der Waals surface area contributed by atoms with Gasteiger partial charge in [-0.05, 0) is 27.1 Å². The molecule has 1 aromatic heterocycles. The summed E-state index contributed by atoms with van der Waals surface area (Å²) in [5.74, 6) is 0.125. The molecule has 36 heavy (non-hydrogen) atoms. The molecule has 3 aromatic rings. The number of aromatic nitrogens is 4. The summed E-state index contributed by atoms with van der Waals surface area (Å²) in [6, 6.07) is 18.5. The summed E-state index contributed by atoms with van der Waals surface area (Å²) in [6.45, 7) is 4.19. The highest BCUT2D eigenvalue weighted by Crippen LogP contribution is 2.42. The molecular weight excluding hydrogens is 496 g/mol. The van der Waals surface area contributed by atoms with Gasteiger partial charge in [-0.25, -0.2) is 9.48 Å². The molecule has 0 radical (unpaired) electrons. The van der Waals surface area contributed by atoms with Gasteiger partial charge in [-0.3, -0.25) is 9.69 Å².